The van der Waals surface area contributed by atoms with Crippen LogP contribution < -0.4 is 5.32 Å². The smallest absolute Gasteiger partial charge is 0.123 e. The van der Waals surface area contributed by atoms with Gasteiger partial charge in [0.05, 0.1) is 6.61 Å². The number of benzene rings is 1. The fraction of sp³-hybridized carbons (Fsp3) is 0.571. The van der Waals surface area contributed by atoms with E-state index in [2.05, 4.69) is 12.2 Å². The molecule has 1 aromatic rings. The summed E-state index contributed by atoms with van der Waals surface area (Å²) >= 11 is 0. The zero-order chi connectivity index (χ0) is 12.3. The molecule has 2 nitrogen and oxygen atoms in total. The van der Waals surface area contributed by atoms with Crippen LogP contribution in [-0.2, 0) is 0 Å². The van der Waals surface area contributed by atoms with Gasteiger partial charge in [0.1, 0.15) is 5.82 Å². The van der Waals surface area contributed by atoms with Crippen molar-refractivity contribution in [2.24, 2.45) is 0 Å². The summed E-state index contributed by atoms with van der Waals surface area (Å²) in [6, 6.07) is 7.55. The van der Waals surface area contributed by atoms with Crippen molar-refractivity contribution in [3.63, 3.8) is 0 Å². The first kappa shape index (κ1) is 12.5. The number of hydrogen-bond acceptors (Lipinski definition) is 2. The molecule has 94 valence electrons. The highest BCUT2D eigenvalue weighted by atomic mass is 19.1. The van der Waals surface area contributed by atoms with Crippen molar-refractivity contribution >= 4 is 0 Å². The van der Waals surface area contributed by atoms with Crippen molar-refractivity contribution < 1.29 is 9.50 Å². The number of nitrogens with one attached hydrogen (secondary N) is 1. The van der Waals surface area contributed by atoms with Gasteiger partial charge in [-0.1, -0.05) is 19.1 Å². The highest BCUT2D eigenvalue weighted by Crippen LogP contribution is 2.37. The normalized spacial score (nSPS) is 25.4. The Kier molecular flexibility index (Phi) is 4.13. The van der Waals surface area contributed by atoms with Crippen LogP contribution in [0.25, 0.3) is 0 Å². The summed E-state index contributed by atoms with van der Waals surface area (Å²) < 4.78 is 13.1. The number of rotatable bonds is 5. The molecule has 1 aliphatic carbocycles. The number of hydrogen-bond donors (Lipinski definition) is 2. The Morgan fingerprint density at radius 1 is 1.47 bits per heavy atom. The highest BCUT2D eigenvalue weighted by molar-refractivity contribution is 5.23. The topological polar surface area (TPSA) is 32.3 Å². The van der Waals surface area contributed by atoms with Crippen LogP contribution in [0.2, 0.25) is 0 Å². The predicted molar refractivity (Wildman–Crippen MR) is 66.5 cm³/mol. The van der Waals surface area contributed by atoms with E-state index in [9.17, 15) is 4.39 Å². The molecule has 0 bridgehead atoms. The van der Waals surface area contributed by atoms with Crippen molar-refractivity contribution in [2.45, 2.75) is 44.2 Å². The van der Waals surface area contributed by atoms with Crippen LogP contribution >= 0.6 is 0 Å². The molecule has 1 fully saturated rings. The molecule has 0 aliphatic heterocycles. The van der Waals surface area contributed by atoms with Crippen molar-refractivity contribution in [1.82, 2.24) is 5.32 Å². The Morgan fingerprint density at radius 2 is 2.24 bits per heavy atom. The van der Waals surface area contributed by atoms with Gasteiger partial charge in [-0.2, -0.15) is 0 Å². The van der Waals surface area contributed by atoms with Gasteiger partial charge in [-0.3, -0.25) is 0 Å². The van der Waals surface area contributed by atoms with Crippen LogP contribution in [0.15, 0.2) is 24.3 Å². The first-order valence-corrected chi connectivity index (χ1v) is 6.35. The maximum absolute atomic E-state index is 13.1. The van der Waals surface area contributed by atoms with Crippen LogP contribution in [0, 0.1) is 5.82 Å². The lowest BCUT2D eigenvalue weighted by Gasteiger charge is -2.38. The molecular formula is C14H20FNO. The van der Waals surface area contributed by atoms with E-state index in [4.69, 9.17) is 5.11 Å². The first-order valence-electron chi connectivity index (χ1n) is 6.35. The summed E-state index contributed by atoms with van der Waals surface area (Å²) in [4.78, 5) is 0. The fourth-order valence-corrected chi connectivity index (χ4v) is 2.42. The van der Waals surface area contributed by atoms with Gasteiger partial charge in [-0.15, -0.1) is 0 Å². The molecule has 17 heavy (non-hydrogen) atoms. The lowest BCUT2D eigenvalue weighted by Crippen LogP contribution is -2.46. The van der Waals surface area contributed by atoms with E-state index in [0.29, 0.717) is 12.0 Å². The average molecular weight is 237 g/mol. The molecule has 0 radical (unpaired) electrons. The van der Waals surface area contributed by atoms with Crippen molar-refractivity contribution in [3.05, 3.63) is 35.6 Å². The van der Waals surface area contributed by atoms with Gasteiger partial charge in [0, 0.05) is 12.1 Å². The van der Waals surface area contributed by atoms with Crippen LogP contribution in [0.5, 0.6) is 0 Å². The van der Waals surface area contributed by atoms with E-state index < -0.39 is 0 Å². The first-order chi connectivity index (χ1) is 8.22. The van der Waals surface area contributed by atoms with E-state index >= 15 is 0 Å². The second-order valence-corrected chi connectivity index (χ2v) is 4.87. The van der Waals surface area contributed by atoms with Gasteiger partial charge in [0.15, 0.2) is 0 Å². The summed E-state index contributed by atoms with van der Waals surface area (Å²) in [6.07, 6.45) is 3.03. The number of aliphatic hydroxyl groups excluding tert-OH is 1. The SMILES string of the molecule is CC[C@@H](CO)NC1CC(c2cccc(F)c2)C1. The van der Waals surface area contributed by atoms with Crippen LogP contribution in [-0.4, -0.2) is 23.8 Å². The quantitative estimate of drug-likeness (QED) is 0.824. The molecule has 0 saturated heterocycles. The molecule has 1 aromatic carbocycles. The Balaban J connectivity index is 1.82. The van der Waals surface area contributed by atoms with Gasteiger partial charge in [-0.25, -0.2) is 4.39 Å². The standard InChI is InChI=1S/C14H20FNO/c1-2-13(9-17)16-14-7-11(8-14)10-4-3-5-12(15)6-10/h3-6,11,13-14,16-17H,2,7-9H2,1H3/t11?,13-,14?/m0/s1. The third-order valence-electron chi connectivity index (χ3n) is 3.64. The van der Waals surface area contributed by atoms with Crippen LogP contribution in [0.4, 0.5) is 4.39 Å². The van der Waals surface area contributed by atoms with E-state index in [-0.39, 0.29) is 18.5 Å². The molecule has 2 N–H and O–H groups in total. The Labute approximate surface area is 102 Å². The number of aliphatic hydroxyl groups is 1. The van der Waals surface area contributed by atoms with Gasteiger partial charge in [-0.05, 0) is 42.9 Å². The van der Waals surface area contributed by atoms with E-state index in [0.717, 1.165) is 24.8 Å². The Bertz CT molecular complexity index is 359. The van der Waals surface area contributed by atoms with E-state index in [1.807, 2.05) is 6.07 Å². The zero-order valence-corrected chi connectivity index (χ0v) is 10.2. The predicted octanol–water partition coefficient (Wildman–Crippen LogP) is 2.43. The van der Waals surface area contributed by atoms with Crippen molar-refractivity contribution in [1.29, 1.82) is 0 Å². The molecule has 0 spiro atoms. The minimum absolute atomic E-state index is 0.152. The number of halogens is 1. The second-order valence-electron chi connectivity index (χ2n) is 4.87. The van der Waals surface area contributed by atoms with Crippen molar-refractivity contribution in [2.75, 3.05) is 6.61 Å². The summed E-state index contributed by atoms with van der Waals surface area (Å²) in [5.74, 6) is 0.320. The maximum Gasteiger partial charge on any atom is 0.123 e. The van der Waals surface area contributed by atoms with Crippen molar-refractivity contribution in [3.8, 4) is 0 Å². The molecule has 3 heteroatoms. The summed E-state index contributed by atoms with van der Waals surface area (Å²) in [6.45, 7) is 2.26. The Hall–Kier alpha value is -0.930. The largest absolute Gasteiger partial charge is 0.395 e. The minimum atomic E-state index is -0.152. The van der Waals surface area contributed by atoms with Crippen LogP contribution in [0.1, 0.15) is 37.7 Å². The molecule has 1 aliphatic rings. The van der Waals surface area contributed by atoms with Gasteiger partial charge < -0.3 is 10.4 Å². The third-order valence-corrected chi connectivity index (χ3v) is 3.64. The molecular weight excluding hydrogens is 217 g/mol. The zero-order valence-electron chi connectivity index (χ0n) is 10.2. The molecule has 0 heterocycles. The Morgan fingerprint density at radius 3 is 2.82 bits per heavy atom. The summed E-state index contributed by atoms with van der Waals surface area (Å²) in [5.41, 5.74) is 1.10. The minimum Gasteiger partial charge on any atom is -0.395 e. The molecule has 1 atom stereocenters. The highest BCUT2D eigenvalue weighted by Gasteiger charge is 2.31. The van der Waals surface area contributed by atoms with Gasteiger partial charge >= 0.3 is 0 Å². The molecule has 0 amide bonds. The van der Waals surface area contributed by atoms with E-state index in [1.54, 1.807) is 12.1 Å². The molecule has 2 rings (SSSR count). The van der Waals surface area contributed by atoms with Gasteiger partial charge in [0.25, 0.3) is 0 Å². The molecule has 0 aromatic heterocycles. The monoisotopic (exact) mass is 237 g/mol. The van der Waals surface area contributed by atoms with E-state index in [1.165, 1.54) is 6.07 Å². The van der Waals surface area contributed by atoms with Gasteiger partial charge in [0.2, 0.25) is 0 Å². The second kappa shape index (κ2) is 5.61. The summed E-state index contributed by atoms with van der Waals surface area (Å²) in [7, 11) is 0. The lowest BCUT2D eigenvalue weighted by molar-refractivity contribution is 0.193. The average Bonchev–Trinajstić information content (AvgIpc) is 2.28. The molecule has 1 saturated carbocycles. The van der Waals surface area contributed by atoms with Crippen LogP contribution in [0.3, 0.4) is 0 Å². The lowest BCUT2D eigenvalue weighted by atomic mass is 9.75. The maximum atomic E-state index is 13.1. The summed E-state index contributed by atoms with van der Waals surface area (Å²) in [5, 5.41) is 12.5. The fourth-order valence-electron chi connectivity index (χ4n) is 2.42. The third kappa shape index (κ3) is 3.05. The molecule has 0 unspecified atom stereocenters.